The van der Waals surface area contributed by atoms with Crippen LogP contribution in [0.25, 0.3) is 10.8 Å². The zero-order valence-electron chi connectivity index (χ0n) is 30.7. The third-order valence-corrected chi connectivity index (χ3v) is 11.6. The number of likely N-dealkylation sites (N-methyl/N-ethyl adjacent to an activating group) is 1. The third kappa shape index (κ3) is 8.15. The number of fused-ring (bicyclic) bond motifs is 1. The van der Waals surface area contributed by atoms with Crippen molar-refractivity contribution in [2.75, 3.05) is 20.7 Å². The van der Waals surface area contributed by atoms with E-state index in [1.54, 1.807) is 46.2 Å². The highest BCUT2D eigenvalue weighted by Crippen LogP contribution is 2.57. The van der Waals surface area contributed by atoms with Crippen molar-refractivity contribution in [3.05, 3.63) is 43.1 Å². The molecule has 0 bridgehead atoms. The lowest BCUT2D eigenvalue weighted by Crippen LogP contribution is -2.58. The number of benzene rings is 1. The lowest BCUT2D eigenvalue weighted by Gasteiger charge is -2.40. The molecule has 0 spiro atoms. The van der Waals surface area contributed by atoms with Crippen LogP contribution in [0.1, 0.15) is 73.6 Å². The SMILES string of the molecule is C=C[C@@H]1C[C@]1(CC(=O)[C@@H]1C[C@@H](Oc2nccc3cc(OC)ccc23)CN1C(=O)[C@@H](N(C)C(=O)OC(C)(C)C)C(C)(C)C)C(=O)NS(=O)(=O)C1CC1. The number of hydrogen-bond donors (Lipinski definition) is 1. The molecule has 14 heteroatoms. The Kier molecular flexibility index (Phi) is 10.2. The summed E-state index contributed by atoms with van der Waals surface area (Å²) in [5, 5.41) is 0.918. The summed E-state index contributed by atoms with van der Waals surface area (Å²) >= 11 is 0. The van der Waals surface area contributed by atoms with Gasteiger partial charge in [0.15, 0.2) is 5.78 Å². The predicted octanol–water partition coefficient (Wildman–Crippen LogP) is 4.63. The molecule has 3 amide bonds. The van der Waals surface area contributed by atoms with Gasteiger partial charge in [0.2, 0.25) is 27.7 Å². The molecule has 3 aliphatic rings. The molecule has 2 heterocycles. The number of hydrogen-bond acceptors (Lipinski definition) is 10. The van der Waals surface area contributed by atoms with Gasteiger partial charge in [-0.15, -0.1) is 6.58 Å². The summed E-state index contributed by atoms with van der Waals surface area (Å²) in [5.74, 6) is -1.07. The molecular weight excluding hydrogens is 676 g/mol. The number of likely N-dealkylation sites (tertiary alicyclic amines) is 1. The Morgan fingerprint density at radius 3 is 2.39 bits per heavy atom. The number of carbonyl (C=O) groups excluding carboxylic acids is 4. The van der Waals surface area contributed by atoms with Gasteiger partial charge in [-0.25, -0.2) is 18.2 Å². The normalized spacial score (nSPS) is 24.0. The van der Waals surface area contributed by atoms with E-state index in [9.17, 15) is 27.6 Å². The monoisotopic (exact) mass is 726 g/mol. The fraction of sp³-hybridized carbons (Fsp3) is 0.595. The van der Waals surface area contributed by atoms with Gasteiger partial charge in [0.1, 0.15) is 23.5 Å². The molecule has 0 radical (unpaired) electrons. The van der Waals surface area contributed by atoms with Crippen LogP contribution in [0, 0.1) is 16.7 Å². The van der Waals surface area contributed by atoms with Crippen molar-refractivity contribution in [3.8, 4) is 11.6 Å². The number of pyridine rings is 1. The molecule has 2 aliphatic carbocycles. The van der Waals surface area contributed by atoms with E-state index in [0.717, 1.165) is 5.39 Å². The number of ether oxygens (including phenoxy) is 3. The second-order valence-corrected chi connectivity index (χ2v) is 18.0. The minimum atomic E-state index is -3.86. The van der Waals surface area contributed by atoms with Crippen LogP contribution < -0.4 is 14.2 Å². The summed E-state index contributed by atoms with van der Waals surface area (Å²) in [6.07, 6.45) is 2.79. The second-order valence-electron chi connectivity index (χ2n) is 16.1. The molecular formula is C37H50N4O9S. The van der Waals surface area contributed by atoms with E-state index in [4.69, 9.17) is 14.2 Å². The molecule has 1 saturated heterocycles. The molecule has 1 N–H and O–H groups in total. The summed E-state index contributed by atoms with van der Waals surface area (Å²) in [5.41, 5.74) is -2.90. The third-order valence-electron chi connectivity index (χ3n) is 9.81. The fourth-order valence-corrected chi connectivity index (χ4v) is 8.35. The Morgan fingerprint density at radius 1 is 1.14 bits per heavy atom. The van der Waals surface area contributed by atoms with Crippen LogP contribution >= 0.6 is 0 Å². The number of sulfonamides is 1. The number of ketones is 1. The molecule has 5 atom stereocenters. The molecule has 0 unspecified atom stereocenters. The molecule has 13 nitrogen and oxygen atoms in total. The molecule has 2 saturated carbocycles. The number of carbonyl (C=O) groups is 4. The van der Waals surface area contributed by atoms with Crippen molar-refractivity contribution >= 4 is 44.5 Å². The minimum absolute atomic E-state index is 0.00164. The first-order valence-electron chi connectivity index (χ1n) is 17.3. The minimum Gasteiger partial charge on any atom is -0.497 e. The zero-order valence-corrected chi connectivity index (χ0v) is 31.5. The quantitative estimate of drug-likeness (QED) is 0.305. The van der Waals surface area contributed by atoms with Crippen molar-refractivity contribution in [1.29, 1.82) is 0 Å². The Balaban J connectivity index is 1.47. The first kappa shape index (κ1) is 38.0. The van der Waals surface area contributed by atoms with Crippen LogP contribution in [-0.2, 0) is 29.1 Å². The highest BCUT2D eigenvalue weighted by molar-refractivity contribution is 7.90. The topological polar surface area (TPSA) is 162 Å². The van der Waals surface area contributed by atoms with Crippen molar-refractivity contribution in [2.45, 2.75) is 103 Å². The maximum Gasteiger partial charge on any atom is 0.410 e. The highest BCUT2D eigenvalue weighted by atomic mass is 32.2. The predicted molar refractivity (Wildman–Crippen MR) is 191 cm³/mol. The lowest BCUT2D eigenvalue weighted by atomic mass is 9.84. The molecule has 3 fully saturated rings. The first-order valence-corrected chi connectivity index (χ1v) is 18.8. The number of rotatable bonds is 12. The van der Waals surface area contributed by atoms with E-state index >= 15 is 0 Å². The Morgan fingerprint density at radius 2 is 1.82 bits per heavy atom. The smallest absolute Gasteiger partial charge is 0.410 e. The van der Waals surface area contributed by atoms with Gasteiger partial charge in [-0.1, -0.05) is 26.8 Å². The van der Waals surface area contributed by atoms with Gasteiger partial charge in [-0.3, -0.25) is 24.0 Å². The Labute approximate surface area is 300 Å². The summed E-state index contributed by atoms with van der Waals surface area (Å²) in [6.45, 7) is 14.5. The van der Waals surface area contributed by atoms with Crippen molar-refractivity contribution in [1.82, 2.24) is 19.5 Å². The fourth-order valence-electron chi connectivity index (χ4n) is 6.96. The molecule has 5 rings (SSSR count). The van der Waals surface area contributed by atoms with Crippen LogP contribution in [0.2, 0.25) is 0 Å². The number of amides is 3. The van der Waals surface area contributed by atoms with Gasteiger partial charge in [-0.05, 0) is 81.0 Å². The van der Waals surface area contributed by atoms with E-state index in [2.05, 4.69) is 16.3 Å². The van der Waals surface area contributed by atoms with Gasteiger partial charge in [0, 0.05) is 31.5 Å². The number of Topliss-reactive ketones (excluding diaryl/α,β-unsaturated/α-hetero) is 1. The highest BCUT2D eigenvalue weighted by Gasteiger charge is 2.61. The van der Waals surface area contributed by atoms with Gasteiger partial charge in [-0.2, -0.15) is 0 Å². The van der Waals surface area contributed by atoms with Gasteiger partial charge >= 0.3 is 6.09 Å². The first-order chi connectivity index (χ1) is 23.7. The molecule has 278 valence electrons. The Hall–Kier alpha value is -4.20. The summed E-state index contributed by atoms with van der Waals surface area (Å²) in [4.78, 5) is 63.0. The maximum atomic E-state index is 14.7. The number of aromatic nitrogens is 1. The second kappa shape index (κ2) is 13.7. The molecule has 1 aromatic carbocycles. The molecule has 1 aliphatic heterocycles. The lowest BCUT2D eigenvalue weighted by molar-refractivity contribution is -0.145. The maximum absolute atomic E-state index is 14.7. The van der Waals surface area contributed by atoms with Crippen LogP contribution in [0.4, 0.5) is 4.79 Å². The Bertz CT molecular complexity index is 1830. The van der Waals surface area contributed by atoms with Crippen LogP contribution in [0.15, 0.2) is 43.1 Å². The van der Waals surface area contributed by atoms with Crippen LogP contribution in [-0.4, -0.2) is 96.6 Å². The van der Waals surface area contributed by atoms with E-state index in [1.165, 1.54) is 16.8 Å². The van der Waals surface area contributed by atoms with E-state index < -0.39 is 79.5 Å². The van der Waals surface area contributed by atoms with Crippen LogP contribution in [0.5, 0.6) is 11.6 Å². The molecule has 51 heavy (non-hydrogen) atoms. The van der Waals surface area contributed by atoms with Gasteiger partial charge in [0.25, 0.3) is 0 Å². The number of methoxy groups -OCH3 is 1. The number of allylic oxidation sites excluding steroid dienone is 1. The molecule has 1 aromatic heterocycles. The summed E-state index contributed by atoms with van der Waals surface area (Å²) in [7, 11) is -0.788. The number of nitrogens with zero attached hydrogens (tertiary/aromatic N) is 3. The average Bonchev–Trinajstić information content (AvgIpc) is 3.96. The van der Waals surface area contributed by atoms with Gasteiger partial charge in [0.05, 0.1) is 30.4 Å². The van der Waals surface area contributed by atoms with Crippen molar-refractivity contribution in [2.24, 2.45) is 16.7 Å². The van der Waals surface area contributed by atoms with Crippen molar-refractivity contribution < 1.29 is 41.8 Å². The van der Waals surface area contributed by atoms with Crippen LogP contribution in [0.3, 0.4) is 0 Å². The number of nitrogens with one attached hydrogen (secondary N) is 1. The van der Waals surface area contributed by atoms with E-state index in [-0.39, 0.29) is 25.8 Å². The standard InChI is InChI=1S/C37H50N4O9S/c1-10-23-19-37(23,33(44)39-51(46,47)26-12-13-26)20-29(42)28-18-25(49-31-27-14-11-24(48-9)17-22(27)15-16-38-31)21-41(28)32(43)30(35(2,3)4)40(8)34(45)50-36(5,6)7/h10-11,14-17,23,25-26,28,30H,1,12-13,18-21H2,2-9H3,(H,39,44)/t23-,25-,28+,30-,37-/m1/s1. The molecule has 2 aromatic rings. The van der Waals surface area contributed by atoms with E-state index in [0.29, 0.717) is 29.9 Å². The summed E-state index contributed by atoms with van der Waals surface area (Å²) in [6, 6.07) is 5.21. The average molecular weight is 727 g/mol. The van der Waals surface area contributed by atoms with Gasteiger partial charge < -0.3 is 19.1 Å². The van der Waals surface area contributed by atoms with Crippen molar-refractivity contribution in [3.63, 3.8) is 0 Å². The zero-order chi connectivity index (χ0) is 37.7. The van der Waals surface area contributed by atoms with E-state index in [1.807, 2.05) is 39.0 Å². The summed E-state index contributed by atoms with van der Waals surface area (Å²) < 4.78 is 45.0. The largest absolute Gasteiger partial charge is 0.497 e.